The molecule has 1 heterocycles. The van der Waals surface area contributed by atoms with Crippen LogP contribution in [-0.4, -0.2) is 10.8 Å². The van der Waals surface area contributed by atoms with Gasteiger partial charge < -0.3 is 4.98 Å². The van der Waals surface area contributed by atoms with Gasteiger partial charge in [-0.3, -0.25) is 4.79 Å². The van der Waals surface area contributed by atoms with Crippen molar-refractivity contribution in [3.8, 4) is 0 Å². The highest BCUT2D eigenvalue weighted by molar-refractivity contribution is 5.87. The molecule has 1 atom stereocenters. The number of H-pyrrole nitrogens is 1. The normalized spacial score (nSPS) is 21.0. The summed E-state index contributed by atoms with van der Waals surface area (Å²) in [4.78, 5) is 15.0. The Morgan fingerprint density at radius 3 is 2.94 bits per heavy atom. The second kappa shape index (κ2) is 4.02. The molecule has 0 radical (unpaired) electrons. The number of aromatic nitrogens is 1. The SMILES string of the molecule is Cc1[nH]c2ccccc2c1C1CCCC(=O)C1. The first-order valence-corrected chi connectivity index (χ1v) is 6.34. The average molecular weight is 227 g/mol. The van der Waals surface area contributed by atoms with Crippen molar-refractivity contribution in [2.75, 3.05) is 0 Å². The van der Waals surface area contributed by atoms with Crippen molar-refractivity contribution in [3.63, 3.8) is 0 Å². The number of rotatable bonds is 1. The lowest BCUT2D eigenvalue weighted by Gasteiger charge is -2.21. The third-order valence-corrected chi connectivity index (χ3v) is 3.83. The minimum absolute atomic E-state index is 0.422. The molecule has 2 heteroatoms. The van der Waals surface area contributed by atoms with Crippen LogP contribution in [0, 0.1) is 6.92 Å². The van der Waals surface area contributed by atoms with Gasteiger partial charge >= 0.3 is 0 Å². The van der Waals surface area contributed by atoms with E-state index in [1.807, 2.05) is 6.07 Å². The maximum atomic E-state index is 11.6. The summed E-state index contributed by atoms with van der Waals surface area (Å²) in [6.07, 6.45) is 3.69. The molecular weight excluding hydrogens is 210 g/mol. The molecule has 3 rings (SSSR count). The molecule has 1 aromatic carbocycles. The highest BCUT2D eigenvalue weighted by atomic mass is 16.1. The molecule has 1 aliphatic rings. The van der Waals surface area contributed by atoms with E-state index in [4.69, 9.17) is 0 Å². The van der Waals surface area contributed by atoms with E-state index < -0.39 is 0 Å². The summed E-state index contributed by atoms with van der Waals surface area (Å²) in [5, 5.41) is 1.30. The number of fused-ring (bicyclic) bond motifs is 1. The number of nitrogens with one attached hydrogen (secondary N) is 1. The molecule has 1 N–H and O–H groups in total. The molecule has 88 valence electrons. The molecule has 0 amide bonds. The molecule has 0 bridgehead atoms. The molecule has 0 spiro atoms. The third kappa shape index (κ3) is 1.78. The Morgan fingerprint density at radius 2 is 2.12 bits per heavy atom. The van der Waals surface area contributed by atoms with Crippen LogP contribution < -0.4 is 0 Å². The minimum Gasteiger partial charge on any atom is -0.358 e. The molecule has 2 nitrogen and oxygen atoms in total. The zero-order valence-electron chi connectivity index (χ0n) is 10.1. The van der Waals surface area contributed by atoms with Crippen molar-refractivity contribution in [1.29, 1.82) is 0 Å². The third-order valence-electron chi connectivity index (χ3n) is 3.83. The molecule has 1 aliphatic carbocycles. The van der Waals surface area contributed by atoms with Gasteiger partial charge in [-0.25, -0.2) is 0 Å². The highest BCUT2D eigenvalue weighted by Gasteiger charge is 2.24. The summed E-state index contributed by atoms with van der Waals surface area (Å²) < 4.78 is 0. The standard InChI is InChI=1S/C15H17NO/c1-10-15(11-5-4-6-12(17)9-11)13-7-2-3-8-14(13)16-10/h2-3,7-8,11,16H,4-6,9H2,1H3. The van der Waals surface area contributed by atoms with Crippen LogP contribution in [0.3, 0.4) is 0 Å². The summed E-state index contributed by atoms with van der Waals surface area (Å²) in [6.45, 7) is 2.12. The van der Waals surface area contributed by atoms with Gasteiger partial charge in [-0.2, -0.15) is 0 Å². The number of hydrogen-bond donors (Lipinski definition) is 1. The van der Waals surface area contributed by atoms with E-state index in [0.29, 0.717) is 11.7 Å². The van der Waals surface area contributed by atoms with Crippen molar-refractivity contribution in [2.45, 2.75) is 38.5 Å². The van der Waals surface area contributed by atoms with Crippen molar-refractivity contribution < 1.29 is 4.79 Å². The largest absolute Gasteiger partial charge is 0.358 e. The summed E-state index contributed by atoms with van der Waals surface area (Å²) in [5.41, 5.74) is 3.79. The van der Waals surface area contributed by atoms with E-state index in [-0.39, 0.29) is 0 Å². The van der Waals surface area contributed by atoms with E-state index in [9.17, 15) is 4.79 Å². The number of para-hydroxylation sites is 1. The van der Waals surface area contributed by atoms with Crippen LogP contribution in [0.4, 0.5) is 0 Å². The fourth-order valence-electron chi connectivity index (χ4n) is 3.10. The molecule has 0 saturated heterocycles. The number of Topliss-reactive ketones (excluding diaryl/α,β-unsaturated/α-hetero) is 1. The van der Waals surface area contributed by atoms with Gasteiger partial charge in [0.05, 0.1) is 0 Å². The number of benzene rings is 1. The fraction of sp³-hybridized carbons (Fsp3) is 0.400. The first-order valence-electron chi connectivity index (χ1n) is 6.34. The predicted octanol–water partition coefficient (Wildman–Crippen LogP) is 3.70. The minimum atomic E-state index is 0.422. The lowest BCUT2D eigenvalue weighted by Crippen LogP contribution is -2.13. The van der Waals surface area contributed by atoms with E-state index in [2.05, 4.69) is 30.1 Å². The lowest BCUT2D eigenvalue weighted by molar-refractivity contribution is -0.120. The van der Waals surface area contributed by atoms with E-state index in [1.165, 1.54) is 22.2 Å². The van der Waals surface area contributed by atoms with Gasteiger partial charge in [-0.15, -0.1) is 0 Å². The average Bonchev–Trinajstić information content (AvgIpc) is 2.64. The van der Waals surface area contributed by atoms with Crippen LogP contribution in [0.25, 0.3) is 10.9 Å². The van der Waals surface area contributed by atoms with Gasteiger partial charge in [-0.05, 0) is 37.3 Å². The van der Waals surface area contributed by atoms with Crippen LogP contribution in [0.5, 0.6) is 0 Å². The smallest absolute Gasteiger partial charge is 0.133 e. The number of aromatic amines is 1. The summed E-state index contributed by atoms with van der Waals surface area (Å²) in [6, 6.07) is 8.39. The van der Waals surface area contributed by atoms with Crippen molar-refractivity contribution >= 4 is 16.7 Å². The predicted molar refractivity (Wildman–Crippen MR) is 69.3 cm³/mol. The molecule has 2 aromatic rings. The van der Waals surface area contributed by atoms with Gasteiger partial charge in [0.15, 0.2) is 0 Å². The van der Waals surface area contributed by atoms with Crippen LogP contribution >= 0.6 is 0 Å². The zero-order valence-corrected chi connectivity index (χ0v) is 10.1. The second-order valence-electron chi connectivity index (χ2n) is 5.04. The maximum absolute atomic E-state index is 11.6. The highest BCUT2D eigenvalue weighted by Crippen LogP contribution is 2.37. The van der Waals surface area contributed by atoms with Gasteiger partial charge in [0.1, 0.15) is 5.78 Å². The Balaban J connectivity index is 2.09. The second-order valence-corrected chi connectivity index (χ2v) is 5.04. The van der Waals surface area contributed by atoms with Gasteiger partial charge in [0.2, 0.25) is 0 Å². The Kier molecular flexibility index (Phi) is 2.50. The Bertz CT molecular complexity index is 567. The van der Waals surface area contributed by atoms with Gasteiger partial charge in [0.25, 0.3) is 0 Å². The zero-order chi connectivity index (χ0) is 11.8. The fourth-order valence-corrected chi connectivity index (χ4v) is 3.10. The first-order chi connectivity index (χ1) is 8.25. The number of aryl methyl sites for hydroxylation is 1. The summed E-state index contributed by atoms with van der Waals surface area (Å²) in [7, 11) is 0. The van der Waals surface area contributed by atoms with Crippen molar-refractivity contribution in [3.05, 3.63) is 35.5 Å². The monoisotopic (exact) mass is 227 g/mol. The molecule has 1 saturated carbocycles. The van der Waals surface area contributed by atoms with E-state index >= 15 is 0 Å². The maximum Gasteiger partial charge on any atom is 0.133 e. The van der Waals surface area contributed by atoms with E-state index in [1.54, 1.807) is 0 Å². The molecule has 1 aromatic heterocycles. The summed E-state index contributed by atoms with van der Waals surface area (Å²) >= 11 is 0. The lowest BCUT2D eigenvalue weighted by atomic mass is 9.82. The molecule has 1 fully saturated rings. The van der Waals surface area contributed by atoms with Crippen LogP contribution in [0.15, 0.2) is 24.3 Å². The number of ketones is 1. The quantitative estimate of drug-likeness (QED) is 0.791. The Labute approximate surface area is 101 Å². The molecule has 0 aliphatic heterocycles. The molecule has 1 unspecified atom stereocenters. The van der Waals surface area contributed by atoms with Gasteiger partial charge in [-0.1, -0.05) is 18.2 Å². The Morgan fingerprint density at radius 1 is 1.29 bits per heavy atom. The number of hydrogen-bond acceptors (Lipinski definition) is 1. The number of carbonyl (C=O) groups excluding carboxylic acids is 1. The molecule has 17 heavy (non-hydrogen) atoms. The van der Waals surface area contributed by atoms with E-state index in [0.717, 1.165) is 25.7 Å². The van der Waals surface area contributed by atoms with Crippen LogP contribution in [0.1, 0.15) is 42.9 Å². The van der Waals surface area contributed by atoms with Crippen LogP contribution in [-0.2, 0) is 4.79 Å². The molecular formula is C15H17NO. The van der Waals surface area contributed by atoms with Crippen molar-refractivity contribution in [2.24, 2.45) is 0 Å². The topological polar surface area (TPSA) is 32.9 Å². The van der Waals surface area contributed by atoms with Crippen LogP contribution in [0.2, 0.25) is 0 Å². The Hall–Kier alpha value is -1.57. The van der Waals surface area contributed by atoms with Gasteiger partial charge in [0, 0.05) is 29.4 Å². The summed E-state index contributed by atoms with van der Waals surface area (Å²) in [5.74, 6) is 0.846. The number of carbonyl (C=O) groups is 1. The first kappa shape index (κ1) is 10.6. The van der Waals surface area contributed by atoms with Crippen molar-refractivity contribution in [1.82, 2.24) is 4.98 Å².